The predicted octanol–water partition coefficient (Wildman–Crippen LogP) is 2.76. The molecule has 0 N–H and O–H groups in total. The fourth-order valence-corrected chi connectivity index (χ4v) is 4.90. The molecule has 1 rings (SSSR count). The van der Waals surface area contributed by atoms with Crippen LogP contribution in [0.25, 0.3) is 0 Å². The van der Waals surface area contributed by atoms with Crippen LogP contribution in [0.3, 0.4) is 0 Å². The molecule has 0 aromatic heterocycles. The van der Waals surface area contributed by atoms with Crippen LogP contribution in [0.2, 0.25) is 11.4 Å². The first-order valence-corrected chi connectivity index (χ1v) is 13.2. The zero-order valence-electron chi connectivity index (χ0n) is 11.9. The van der Waals surface area contributed by atoms with Gasteiger partial charge >= 0.3 is 127 Å². The number of hydrogen-bond donors (Lipinski definition) is 0. The van der Waals surface area contributed by atoms with Crippen molar-refractivity contribution in [2.24, 2.45) is 0 Å². The number of benzene rings is 1. The third kappa shape index (κ3) is 7.01. The summed E-state index contributed by atoms with van der Waals surface area (Å²) in [4.78, 5) is 22.9. The minimum atomic E-state index is -0.872. The Labute approximate surface area is 127 Å². The molecule has 0 amide bonds. The van der Waals surface area contributed by atoms with E-state index in [0.29, 0.717) is 11.3 Å². The molecule has 0 bridgehead atoms. The van der Waals surface area contributed by atoms with Crippen molar-refractivity contribution in [3.8, 4) is 0 Å². The van der Waals surface area contributed by atoms with E-state index in [1.807, 2.05) is 6.07 Å². The Balaban J connectivity index is 2.58. The van der Waals surface area contributed by atoms with Crippen molar-refractivity contribution in [3.63, 3.8) is 0 Å². The minimum absolute atomic E-state index is 0.114. The summed E-state index contributed by atoms with van der Waals surface area (Å²) in [6.45, 7) is 1.46. The van der Waals surface area contributed by atoms with Crippen LogP contribution in [0.4, 0.5) is 0 Å². The SMILES string of the molecule is CC(=O)OCC(CS[As](C)C)OC(=O)c1ccccc1. The maximum absolute atomic E-state index is 12.0. The molecular weight excluding hydrogens is 339 g/mol. The van der Waals surface area contributed by atoms with Gasteiger partial charge in [-0.2, -0.15) is 0 Å². The van der Waals surface area contributed by atoms with E-state index in [-0.39, 0.29) is 18.5 Å². The zero-order valence-corrected chi connectivity index (χ0v) is 14.6. The zero-order chi connectivity index (χ0) is 15.0. The molecule has 0 radical (unpaired) electrons. The molecule has 0 saturated carbocycles. The molecular formula is C14H19AsO4S. The Morgan fingerprint density at radius 3 is 2.45 bits per heavy atom. The number of carbonyl (C=O) groups is 2. The van der Waals surface area contributed by atoms with Crippen LogP contribution in [-0.4, -0.2) is 43.9 Å². The van der Waals surface area contributed by atoms with E-state index in [2.05, 4.69) is 11.4 Å². The second kappa shape index (κ2) is 9.09. The van der Waals surface area contributed by atoms with Crippen molar-refractivity contribution < 1.29 is 19.1 Å². The summed E-state index contributed by atoms with van der Waals surface area (Å²) in [5.41, 5.74) is 4.92. The third-order valence-corrected chi connectivity index (χ3v) is 7.50. The number of hydrogen-bond acceptors (Lipinski definition) is 5. The molecule has 0 aliphatic heterocycles. The molecule has 0 saturated heterocycles. The Morgan fingerprint density at radius 2 is 1.90 bits per heavy atom. The molecule has 0 aliphatic carbocycles. The van der Waals surface area contributed by atoms with Gasteiger partial charge in [-0.15, -0.1) is 0 Å². The topological polar surface area (TPSA) is 52.6 Å². The van der Waals surface area contributed by atoms with Crippen LogP contribution in [-0.2, 0) is 14.3 Å². The van der Waals surface area contributed by atoms with Gasteiger partial charge in [0.15, 0.2) is 0 Å². The molecule has 1 atom stereocenters. The van der Waals surface area contributed by atoms with Crippen molar-refractivity contribution in [3.05, 3.63) is 35.9 Å². The Morgan fingerprint density at radius 1 is 1.25 bits per heavy atom. The van der Waals surface area contributed by atoms with E-state index in [1.54, 1.807) is 34.3 Å². The van der Waals surface area contributed by atoms with Crippen molar-refractivity contribution in [2.75, 3.05) is 12.4 Å². The van der Waals surface area contributed by atoms with Crippen molar-refractivity contribution in [1.82, 2.24) is 0 Å². The first-order chi connectivity index (χ1) is 9.49. The van der Waals surface area contributed by atoms with Gasteiger partial charge in [-0.05, 0) is 0 Å². The molecule has 0 aliphatic rings. The fraction of sp³-hybridized carbons (Fsp3) is 0.429. The fourth-order valence-electron chi connectivity index (χ4n) is 1.35. The molecule has 1 unspecified atom stereocenters. The molecule has 4 nitrogen and oxygen atoms in total. The number of carbonyl (C=O) groups excluding carboxylic acids is 2. The summed E-state index contributed by atoms with van der Waals surface area (Å²) in [6, 6.07) is 8.82. The monoisotopic (exact) mass is 358 g/mol. The average molecular weight is 358 g/mol. The van der Waals surface area contributed by atoms with Crippen molar-refractivity contribution in [1.29, 1.82) is 0 Å². The maximum atomic E-state index is 12.0. The summed E-state index contributed by atoms with van der Waals surface area (Å²) in [6.07, 6.45) is -0.395. The molecule has 1 aromatic rings. The van der Waals surface area contributed by atoms with Gasteiger partial charge in [-0.25, -0.2) is 0 Å². The van der Waals surface area contributed by atoms with Gasteiger partial charge in [0.25, 0.3) is 0 Å². The van der Waals surface area contributed by atoms with Gasteiger partial charge in [0.05, 0.1) is 0 Å². The molecule has 0 spiro atoms. The summed E-state index contributed by atoms with van der Waals surface area (Å²) >= 11 is -0.872. The van der Waals surface area contributed by atoms with E-state index in [4.69, 9.17) is 9.47 Å². The number of ether oxygens (including phenoxy) is 2. The van der Waals surface area contributed by atoms with Gasteiger partial charge in [0, 0.05) is 0 Å². The van der Waals surface area contributed by atoms with E-state index in [0.717, 1.165) is 0 Å². The van der Waals surface area contributed by atoms with Gasteiger partial charge in [-0.1, -0.05) is 0 Å². The molecule has 1 aromatic carbocycles. The van der Waals surface area contributed by atoms with Gasteiger partial charge in [0.1, 0.15) is 0 Å². The Bertz CT molecular complexity index is 436. The second-order valence-corrected chi connectivity index (χ2v) is 13.7. The van der Waals surface area contributed by atoms with Crippen LogP contribution >= 0.6 is 10.0 Å². The Kier molecular flexibility index (Phi) is 7.78. The average Bonchev–Trinajstić information content (AvgIpc) is 2.42. The third-order valence-electron chi connectivity index (χ3n) is 2.27. The standard InChI is InChI=1S/C14H19AsO4S/c1-11(16)18-9-13(10-20-15(2)3)19-14(17)12-7-5-4-6-8-12/h4-8,13H,9-10H2,1-3H3. The van der Waals surface area contributed by atoms with Crippen LogP contribution in [0.15, 0.2) is 30.3 Å². The quantitative estimate of drug-likeness (QED) is 0.554. The molecule has 20 heavy (non-hydrogen) atoms. The van der Waals surface area contributed by atoms with Crippen LogP contribution < -0.4 is 0 Å². The molecule has 0 fully saturated rings. The summed E-state index contributed by atoms with van der Waals surface area (Å²) < 4.78 is 10.4. The van der Waals surface area contributed by atoms with Crippen LogP contribution in [0.5, 0.6) is 0 Å². The summed E-state index contributed by atoms with van der Waals surface area (Å²) in [7, 11) is 1.81. The van der Waals surface area contributed by atoms with Gasteiger partial charge < -0.3 is 0 Å². The molecule has 110 valence electrons. The van der Waals surface area contributed by atoms with E-state index >= 15 is 0 Å². The first-order valence-electron chi connectivity index (χ1n) is 6.18. The second-order valence-electron chi connectivity index (χ2n) is 4.30. The van der Waals surface area contributed by atoms with Crippen molar-refractivity contribution in [2.45, 2.75) is 24.5 Å². The Hall–Kier alpha value is -0.932. The van der Waals surface area contributed by atoms with Crippen LogP contribution in [0, 0.1) is 0 Å². The van der Waals surface area contributed by atoms with E-state index in [9.17, 15) is 9.59 Å². The molecule has 6 heteroatoms. The number of rotatable bonds is 7. The first kappa shape index (κ1) is 17.1. The van der Waals surface area contributed by atoms with Gasteiger partial charge in [-0.3, -0.25) is 0 Å². The number of esters is 2. The van der Waals surface area contributed by atoms with Crippen molar-refractivity contribution >= 4 is 35.5 Å². The summed E-state index contributed by atoms with van der Waals surface area (Å²) in [5.74, 6) is -0.0773. The molecule has 0 heterocycles. The van der Waals surface area contributed by atoms with E-state index < -0.39 is 19.6 Å². The van der Waals surface area contributed by atoms with Crippen LogP contribution in [0.1, 0.15) is 17.3 Å². The normalized spacial score (nSPS) is 12.0. The van der Waals surface area contributed by atoms with E-state index in [1.165, 1.54) is 6.92 Å². The predicted molar refractivity (Wildman–Crippen MR) is 82.2 cm³/mol. The van der Waals surface area contributed by atoms with Gasteiger partial charge in [0.2, 0.25) is 0 Å². The summed E-state index contributed by atoms with van der Waals surface area (Å²) in [5, 5.41) is 0.